The first-order valence-corrected chi connectivity index (χ1v) is 10.1. The van der Waals surface area contributed by atoms with E-state index >= 15 is 0 Å². The molecule has 1 aliphatic heterocycles. The quantitative estimate of drug-likeness (QED) is 0.599. The molecule has 0 bridgehead atoms. The van der Waals surface area contributed by atoms with E-state index in [-0.39, 0.29) is 11.8 Å². The predicted molar refractivity (Wildman–Crippen MR) is 109 cm³/mol. The van der Waals surface area contributed by atoms with E-state index in [4.69, 9.17) is 0 Å². The van der Waals surface area contributed by atoms with Gasteiger partial charge in [0.1, 0.15) is 11.9 Å². The van der Waals surface area contributed by atoms with Gasteiger partial charge in [0.15, 0.2) is 5.65 Å². The Hall–Kier alpha value is -3.22. The number of carbonyl (C=O) groups is 2. The average Bonchev–Trinajstić information content (AvgIpc) is 3.31. The number of amides is 2. The lowest BCUT2D eigenvalue weighted by Gasteiger charge is -2.23. The third kappa shape index (κ3) is 3.99. The maximum Gasteiger partial charge on any atom is 0.255 e. The van der Waals surface area contributed by atoms with E-state index in [0.717, 1.165) is 42.7 Å². The minimum Gasteiger partial charge on any atom is -0.354 e. The smallest absolute Gasteiger partial charge is 0.255 e. The van der Waals surface area contributed by atoms with Crippen LogP contribution in [0, 0.1) is 0 Å². The maximum atomic E-state index is 12.5. The van der Waals surface area contributed by atoms with Crippen LogP contribution in [0.4, 0.5) is 0 Å². The van der Waals surface area contributed by atoms with Gasteiger partial charge in [-0.3, -0.25) is 14.0 Å². The summed E-state index contributed by atoms with van der Waals surface area (Å²) in [6, 6.07) is 12.9. The molecule has 0 spiro atoms. The van der Waals surface area contributed by atoms with Gasteiger partial charge in [-0.1, -0.05) is 30.7 Å². The van der Waals surface area contributed by atoms with Crippen molar-refractivity contribution in [1.29, 1.82) is 0 Å². The van der Waals surface area contributed by atoms with E-state index in [2.05, 4.69) is 15.5 Å². The van der Waals surface area contributed by atoms with Gasteiger partial charge in [-0.2, -0.15) is 0 Å². The van der Waals surface area contributed by atoms with Gasteiger partial charge < -0.3 is 10.2 Å². The van der Waals surface area contributed by atoms with E-state index in [0.29, 0.717) is 18.7 Å². The normalized spacial score (nSPS) is 14.2. The van der Waals surface area contributed by atoms with Gasteiger partial charge in [-0.05, 0) is 43.5 Å². The molecular weight excluding hydrogens is 366 g/mol. The van der Waals surface area contributed by atoms with E-state index in [9.17, 15) is 9.59 Å². The molecule has 1 aromatic carbocycles. The highest BCUT2D eigenvalue weighted by Gasteiger charge is 2.33. The van der Waals surface area contributed by atoms with E-state index in [1.165, 1.54) is 0 Å². The van der Waals surface area contributed by atoms with E-state index in [1.807, 2.05) is 53.1 Å². The van der Waals surface area contributed by atoms with Crippen LogP contribution in [0.3, 0.4) is 0 Å². The largest absolute Gasteiger partial charge is 0.354 e. The number of fused-ring (bicyclic) bond motifs is 2. The molecule has 1 aliphatic rings. The van der Waals surface area contributed by atoms with Crippen LogP contribution >= 0.6 is 0 Å². The highest BCUT2D eigenvalue weighted by atomic mass is 16.2. The van der Waals surface area contributed by atoms with Crippen molar-refractivity contribution in [3.8, 4) is 0 Å². The van der Waals surface area contributed by atoms with Crippen molar-refractivity contribution in [2.75, 3.05) is 6.54 Å². The number of nitrogens with one attached hydrogen (secondary N) is 1. The number of unbranched alkanes of at least 4 members (excludes halogenated alkanes) is 2. The van der Waals surface area contributed by atoms with E-state index in [1.54, 1.807) is 11.8 Å². The molecule has 2 amide bonds. The maximum absolute atomic E-state index is 12.5. The Balaban J connectivity index is 1.18. The molecule has 1 N–H and O–H groups in total. The molecule has 0 fully saturated rings. The topological polar surface area (TPSA) is 79.6 Å². The number of nitrogens with zero attached hydrogens (tertiary/aromatic N) is 4. The molecule has 4 rings (SSSR count). The van der Waals surface area contributed by atoms with Gasteiger partial charge in [0.25, 0.3) is 5.91 Å². The predicted octanol–water partition coefficient (Wildman–Crippen LogP) is 2.60. The summed E-state index contributed by atoms with van der Waals surface area (Å²) in [6.07, 6.45) is 5.70. The number of pyridine rings is 1. The zero-order valence-electron chi connectivity index (χ0n) is 16.5. The van der Waals surface area contributed by atoms with Crippen LogP contribution in [-0.2, 0) is 17.8 Å². The van der Waals surface area contributed by atoms with Gasteiger partial charge in [-0.15, -0.1) is 10.2 Å². The lowest BCUT2D eigenvalue weighted by molar-refractivity contribution is -0.125. The minimum atomic E-state index is -0.475. The standard InChI is InChI=1S/C22H25N5O2/c1-16(27-15-17-9-4-5-10-18(17)22(27)29)21(28)23-13-7-2-3-11-19-24-25-20-12-6-8-14-26(19)20/h4-6,8-10,12,14,16H,2-3,7,11,13,15H2,1H3,(H,23,28). The van der Waals surface area contributed by atoms with Crippen molar-refractivity contribution in [3.05, 3.63) is 65.6 Å². The third-order valence-corrected chi connectivity index (χ3v) is 5.46. The summed E-state index contributed by atoms with van der Waals surface area (Å²) in [6.45, 7) is 2.89. The Kier molecular flexibility index (Phi) is 5.55. The van der Waals surface area contributed by atoms with E-state index < -0.39 is 6.04 Å². The number of benzene rings is 1. The summed E-state index contributed by atoms with van der Waals surface area (Å²) in [4.78, 5) is 26.6. The Morgan fingerprint density at radius 1 is 1.10 bits per heavy atom. The lowest BCUT2D eigenvalue weighted by atomic mass is 10.1. The second-order valence-electron chi connectivity index (χ2n) is 7.41. The molecule has 7 nitrogen and oxygen atoms in total. The molecule has 1 atom stereocenters. The third-order valence-electron chi connectivity index (χ3n) is 5.46. The molecule has 0 aliphatic carbocycles. The minimum absolute atomic E-state index is 0.0659. The first-order chi connectivity index (χ1) is 14.1. The second-order valence-corrected chi connectivity index (χ2v) is 7.41. The number of hydrogen-bond acceptors (Lipinski definition) is 4. The Labute approximate surface area is 169 Å². The number of aromatic nitrogens is 3. The van der Waals surface area contributed by atoms with Crippen LogP contribution in [0.25, 0.3) is 5.65 Å². The van der Waals surface area contributed by atoms with Crippen LogP contribution in [0.5, 0.6) is 0 Å². The van der Waals surface area contributed by atoms with Gasteiger partial charge in [0, 0.05) is 31.3 Å². The molecule has 29 heavy (non-hydrogen) atoms. The highest BCUT2D eigenvalue weighted by molar-refractivity contribution is 6.00. The number of rotatable bonds is 8. The first kappa shape index (κ1) is 19.1. The average molecular weight is 391 g/mol. The fraction of sp³-hybridized carbons (Fsp3) is 0.364. The molecule has 3 aromatic rings. The van der Waals surface area contributed by atoms with Gasteiger partial charge in [-0.25, -0.2) is 0 Å². The van der Waals surface area contributed by atoms with Crippen molar-refractivity contribution >= 4 is 17.5 Å². The van der Waals surface area contributed by atoms with Crippen LogP contribution in [0.2, 0.25) is 0 Å². The summed E-state index contributed by atoms with van der Waals surface area (Å²) < 4.78 is 2.01. The summed E-state index contributed by atoms with van der Waals surface area (Å²) in [5, 5.41) is 11.4. The van der Waals surface area contributed by atoms with Crippen molar-refractivity contribution in [1.82, 2.24) is 24.8 Å². The number of aryl methyl sites for hydroxylation is 1. The van der Waals surface area contributed by atoms with Gasteiger partial charge in [0.05, 0.1) is 0 Å². The molecule has 2 aromatic heterocycles. The van der Waals surface area contributed by atoms with Crippen molar-refractivity contribution in [3.63, 3.8) is 0 Å². The number of carbonyl (C=O) groups excluding carboxylic acids is 2. The van der Waals surface area contributed by atoms with Crippen molar-refractivity contribution < 1.29 is 9.59 Å². The number of hydrogen-bond donors (Lipinski definition) is 1. The van der Waals surface area contributed by atoms with Crippen molar-refractivity contribution in [2.24, 2.45) is 0 Å². The fourth-order valence-corrected chi connectivity index (χ4v) is 3.74. The van der Waals surface area contributed by atoms with Crippen LogP contribution < -0.4 is 5.32 Å². The fourth-order valence-electron chi connectivity index (χ4n) is 3.74. The molecule has 0 saturated carbocycles. The molecule has 0 radical (unpaired) electrons. The van der Waals surface area contributed by atoms with Gasteiger partial charge >= 0.3 is 0 Å². The van der Waals surface area contributed by atoms with Crippen LogP contribution in [-0.4, -0.2) is 43.9 Å². The molecule has 0 saturated heterocycles. The summed E-state index contributed by atoms with van der Waals surface area (Å²) in [5.74, 6) is 0.795. The molecular formula is C22H25N5O2. The second kappa shape index (κ2) is 8.43. The summed E-state index contributed by atoms with van der Waals surface area (Å²) >= 11 is 0. The SMILES string of the molecule is CC(C(=O)NCCCCCc1nnc2ccccn12)N1Cc2ccccc2C1=O. The Morgan fingerprint density at radius 2 is 1.93 bits per heavy atom. The Bertz CT molecular complexity index is 1030. The lowest BCUT2D eigenvalue weighted by Crippen LogP contribution is -2.45. The zero-order valence-corrected chi connectivity index (χ0v) is 16.5. The molecule has 150 valence electrons. The van der Waals surface area contributed by atoms with Gasteiger partial charge in [0.2, 0.25) is 5.91 Å². The monoisotopic (exact) mass is 391 g/mol. The Morgan fingerprint density at radius 3 is 2.79 bits per heavy atom. The molecule has 3 heterocycles. The molecule has 1 unspecified atom stereocenters. The summed E-state index contributed by atoms with van der Waals surface area (Å²) in [5.41, 5.74) is 2.55. The van der Waals surface area contributed by atoms with Crippen LogP contribution in [0.15, 0.2) is 48.7 Å². The first-order valence-electron chi connectivity index (χ1n) is 10.1. The zero-order chi connectivity index (χ0) is 20.2. The summed E-state index contributed by atoms with van der Waals surface area (Å²) in [7, 11) is 0. The van der Waals surface area contributed by atoms with Crippen molar-refractivity contribution in [2.45, 2.75) is 45.2 Å². The van der Waals surface area contributed by atoms with Crippen LogP contribution in [0.1, 0.15) is 47.9 Å². The molecule has 7 heteroatoms. The highest BCUT2D eigenvalue weighted by Crippen LogP contribution is 2.24.